The minimum Gasteiger partial charge on any atom is -0.384 e. The first-order valence-corrected chi connectivity index (χ1v) is 17.1. The number of hydrogen-bond donors (Lipinski definition) is 1. The smallest absolute Gasteiger partial charge is 0.194 e. The highest BCUT2D eigenvalue weighted by molar-refractivity contribution is 7.23. The summed E-state index contributed by atoms with van der Waals surface area (Å²) in [7, 11) is 0. The Hall–Kier alpha value is -5.89. The van der Waals surface area contributed by atoms with Gasteiger partial charge in [0.05, 0.1) is 0 Å². The highest BCUT2D eigenvalue weighted by Crippen LogP contribution is 2.59. The molecule has 0 fully saturated rings. The Labute approximate surface area is 296 Å². The van der Waals surface area contributed by atoms with Gasteiger partial charge in [0.25, 0.3) is 0 Å². The first-order valence-electron chi connectivity index (χ1n) is 15.5. The van der Waals surface area contributed by atoms with E-state index in [0.717, 1.165) is 45.1 Å². The van der Waals surface area contributed by atoms with Crippen LogP contribution >= 0.6 is 22.7 Å². The molecule has 1 atom stereocenters. The number of carbonyl (C=O) groups excluding carboxylic acids is 1. The number of ketones is 1. The fourth-order valence-corrected chi connectivity index (χ4v) is 9.96. The Morgan fingerprint density at radius 1 is 0.725 bits per heavy atom. The monoisotopic (exact) mass is 716 g/mol. The molecular formula is C39H20F4N4O2S2. The average molecular weight is 717 g/mol. The van der Waals surface area contributed by atoms with E-state index in [9.17, 15) is 48.5 Å². The lowest BCUT2D eigenvalue weighted by Crippen LogP contribution is -2.22. The van der Waals surface area contributed by atoms with Gasteiger partial charge in [-0.2, -0.15) is 21.0 Å². The molecule has 0 aliphatic heterocycles. The Morgan fingerprint density at radius 3 is 1.73 bits per heavy atom. The van der Waals surface area contributed by atoms with Gasteiger partial charge in [0.15, 0.2) is 29.1 Å². The molecule has 0 saturated heterocycles. The van der Waals surface area contributed by atoms with Crippen molar-refractivity contribution in [2.24, 2.45) is 0 Å². The van der Waals surface area contributed by atoms with E-state index < -0.39 is 46.1 Å². The van der Waals surface area contributed by atoms with Crippen LogP contribution in [0.5, 0.6) is 0 Å². The Balaban J connectivity index is 1.38. The SMILES string of the molecule is CCC1(CC)c2cc(/C=C3\C(=O)c4cc(F)c(F)cc4C3=C(C#N)C#N)sc2-c2sc(/C=C3/C(=C(C#N)C#N)c4cc(F)c(F)cc4C3O)cc21. The van der Waals surface area contributed by atoms with Crippen molar-refractivity contribution in [1.29, 1.82) is 21.0 Å². The molecule has 2 aromatic carbocycles. The second-order valence-corrected chi connectivity index (χ2v) is 14.2. The zero-order valence-corrected chi connectivity index (χ0v) is 28.2. The third-order valence-electron chi connectivity index (χ3n) is 9.81. The number of hydrogen-bond acceptors (Lipinski definition) is 8. The van der Waals surface area contributed by atoms with Crippen LogP contribution in [-0.4, -0.2) is 10.9 Å². The number of fused-ring (bicyclic) bond motifs is 5. The zero-order valence-electron chi connectivity index (χ0n) is 26.6. The van der Waals surface area contributed by atoms with Gasteiger partial charge >= 0.3 is 0 Å². The molecule has 6 nitrogen and oxygen atoms in total. The average Bonchev–Trinajstić information content (AvgIpc) is 3.89. The van der Waals surface area contributed by atoms with Crippen molar-refractivity contribution in [3.63, 3.8) is 0 Å². The molecular weight excluding hydrogens is 697 g/mol. The minimum absolute atomic E-state index is 0.0258. The Bertz CT molecular complexity index is 2560. The molecule has 0 spiro atoms. The van der Waals surface area contributed by atoms with E-state index >= 15 is 0 Å². The number of nitrogens with zero attached hydrogens (tertiary/aromatic N) is 4. The molecule has 12 heteroatoms. The topological polar surface area (TPSA) is 132 Å². The number of thiophene rings is 2. The highest BCUT2D eigenvalue weighted by atomic mass is 32.1. The normalized spacial score (nSPS) is 17.8. The summed E-state index contributed by atoms with van der Waals surface area (Å²) in [6.07, 6.45) is 3.07. The van der Waals surface area contributed by atoms with Gasteiger partial charge in [0.1, 0.15) is 41.5 Å². The lowest BCUT2D eigenvalue weighted by molar-refractivity contribution is 0.104. The maximum Gasteiger partial charge on any atom is 0.194 e. The first-order chi connectivity index (χ1) is 24.5. The van der Waals surface area contributed by atoms with E-state index in [4.69, 9.17) is 0 Å². The number of halogens is 4. The molecule has 0 amide bonds. The third-order valence-corrected chi connectivity index (χ3v) is 12.1. The van der Waals surface area contributed by atoms with Crippen LogP contribution in [0, 0.1) is 68.6 Å². The maximum absolute atomic E-state index is 14.3. The van der Waals surface area contributed by atoms with Crippen molar-refractivity contribution in [3.8, 4) is 34.0 Å². The largest absolute Gasteiger partial charge is 0.384 e. The quantitative estimate of drug-likeness (QED) is 0.127. The summed E-state index contributed by atoms with van der Waals surface area (Å²) in [5.41, 5.74) is 0.744. The molecule has 3 aliphatic rings. The van der Waals surface area contributed by atoms with Crippen LogP contribution in [0.3, 0.4) is 0 Å². The third kappa shape index (κ3) is 4.77. The van der Waals surface area contributed by atoms with Crippen LogP contribution in [0.15, 0.2) is 58.7 Å². The summed E-state index contributed by atoms with van der Waals surface area (Å²) >= 11 is 2.74. The molecule has 0 saturated carbocycles. The molecule has 2 heterocycles. The molecule has 248 valence electrons. The lowest BCUT2D eigenvalue weighted by Gasteiger charge is -2.28. The number of benzene rings is 2. The molecule has 0 bridgehead atoms. The number of allylic oxidation sites excluding steroid dienone is 4. The number of rotatable bonds is 4. The number of carbonyl (C=O) groups is 1. The zero-order chi connectivity index (χ0) is 36.5. The van der Waals surface area contributed by atoms with Crippen LogP contribution in [-0.2, 0) is 5.41 Å². The van der Waals surface area contributed by atoms with Gasteiger partial charge in [0, 0.05) is 47.2 Å². The van der Waals surface area contributed by atoms with E-state index in [0.29, 0.717) is 22.6 Å². The highest BCUT2D eigenvalue weighted by Gasteiger charge is 2.44. The fraction of sp³-hybridized carbons (Fsp3) is 0.154. The number of aliphatic hydroxyl groups excluding tert-OH is 1. The minimum atomic E-state index is -1.43. The maximum atomic E-state index is 14.3. The van der Waals surface area contributed by atoms with Gasteiger partial charge in [-0.1, -0.05) is 13.8 Å². The molecule has 7 rings (SSSR count). The first kappa shape index (κ1) is 33.6. The number of aliphatic hydroxyl groups is 1. The van der Waals surface area contributed by atoms with Crippen molar-refractivity contribution < 1.29 is 27.5 Å². The van der Waals surface area contributed by atoms with Crippen molar-refractivity contribution in [3.05, 3.63) is 125 Å². The van der Waals surface area contributed by atoms with E-state index in [1.165, 1.54) is 28.7 Å². The van der Waals surface area contributed by atoms with Crippen LogP contribution < -0.4 is 0 Å². The summed E-state index contributed by atoms with van der Waals surface area (Å²) in [5.74, 6) is -5.45. The van der Waals surface area contributed by atoms with Gasteiger partial charge < -0.3 is 5.11 Å². The molecule has 3 aliphatic carbocycles. The second kappa shape index (κ2) is 12.2. The summed E-state index contributed by atoms with van der Waals surface area (Å²) in [5, 5.41) is 50.1. The molecule has 51 heavy (non-hydrogen) atoms. The van der Waals surface area contributed by atoms with E-state index in [1.807, 2.05) is 26.0 Å². The molecule has 0 radical (unpaired) electrons. The summed E-state index contributed by atoms with van der Waals surface area (Å²) in [4.78, 5) is 16.6. The molecule has 4 aromatic rings. The second-order valence-electron chi connectivity index (χ2n) is 12.1. The lowest BCUT2D eigenvalue weighted by atomic mass is 9.75. The van der Waals surface area contributed by atoms with Gasteiger partial charge in [0.2, 0.25) is 0 Å². The Morgan fingerprint density at radius 2 is 1.20 bits per heavy atom. The van der Waals surface area contributed by atoms with Gasteiger partial charge in [-0.25, -0.2) is 17.6 Å². The Kier molecular flexibility index (Phi) is 8.01. The predicted octanol–water partition coefficient (Wildman–Crippen LogP) is 9.46. The van der Waals surface area contributed by atoms with Gasteiger partial charge in [-0.05, 0) is 94.8 Å². The molecule has 1 unspecified atom stereocenters. The number of nitriles is 4. The van der Waals surface area contributed by atoms with E-state index in [1.54, 1.807) is 30.4 Å². The number of Topliss-reactive ketones (excluding diaryl/α,β-unsaturated/α-hetero) is 1. The summed E-state index contributed by atoms with van der Waals surface area (Å²) in [6, 6.07) is 14.4. The van der Waals surface area contributed by atoms with Gasteiger partial charge in [-0.3, -0.25) is 4.79 Å². The molecule has 2 aromatic heterocycles. The predicted molar refractivity (Wildman–Crippen MR) is 183 cm³/mol. The van der Waals surface area contributed by atoms with Crippen molar-refractivity contribution in [1.82, 2.24) is 0 Å². The van der Waals surface area contributed by atoms with Crippen LogP contribution in [0.1, 0.15) is 80.7 Å². The van der Waals surface area contributed by atoms with Crippen LogP contribution in [0.25, 0.3) is 33.1 Å². The summed E-state index contributed by atoms with van der Waals surface area (Å²) < 4.78 is 57.0. The van der Waals surface area contributed by atoms with Gasteiger partial charge in [-0.15, -0.1) is 22.7 Å². The van der Waals surface area contributed by atoms with Crippen LogP contribution in [0.2, 0.25) is 0 Å². The van der Waals surface area contributed by atoms with E-state index in [-0.39, 0.29) is 50.1 Å². The van der Waals surface area contributed by atoms with Crippen molar-refractivity contribution >= 4 is 51.8 Å². The fourth-order valence-electron chi connectivity index (χ4n) is 7.38. The van der Waals surface area contributed by atoms with Crippen LogP contribution in [0.4, 0.5) is 17.6 Å². The summed E-state index contributed by atoms with van der Waals surface area (Å²) in [6.45, 7) is 4.07. The van der Waals surface area contributed by atoms with E-state index in [2.05, 4.69) is 0 Å². The standard InChI is InChI=1S/C39H20F4N4O2S2/c1-3-39(4-2)27-7-19(5-25-33(17(13-44)14-45)21-9-29(40)31(42)11-23(21)35(25)48)50-37(27)38-28(39)8-20(51-38)6-26-34(18(15-46)16-47)22-10-30(41)32(43)12-24(22)36(26)49/h5-12,35,48H,3-4H2,1-2H3/b25-5-,26-6-. The molecule has 1 N–H and O–H groups in total. The van der Waals surface area contributed by atoms with Crippen molar-refractivity contribution in [2.45, 2.75) is 38.2 Å². The van der Waals surface area contributed by atoms with Crippen molar-refractivity contribution in [2.75, 3.05) is 0 Å².